The van der Waals surface area contributed by atoms with Gasteiger partial charge in [-0.3, -0.25) is 4.79 Å². The summed E-state index contributed by atoms with van der Waals surface area (Å²) in [4.78, 5) is 28.9. The fraction of sp³-hybridized carbons (Fsp3) is 0.296. The molecule has 0 radical (unpaired) electrons. The molecule has 0 unspecified atom stereocenters. The number of carbonyl (C=O) groups is 1. The SMILES string of the molecule is CNC(=O)c1c(Nc2ccc(N3CCN(C)CC3)cc2CO)ncnc1Oc1ccc2[nH]c(C)cc2c1F. The Labute approximate surface area is 219 Å². The molecule has 0 saturated carbocycles. The summed E-state index contributed by atoms with van der Waals surface area (Å²) in [7, 11) is 3.57. The summed E-state index contributed by atoms with van der Waals surface area (Å²) in [5, 5.41) is 16.2. The fourth-order valence-electron chi connectivity index (χ4n) is 4.56. The molecule has 2 aromatic carbocycles. The minimum Gasteiger partial charge on any atom is -0.435 e. The summed E-state index contributed by atoms with van der Waals surface area (Å²) in [5.41, 5.74) is 3.69. The molecule has 0 atom stereocenters. The maximum Gasteiger partial charge on any atom is 0.260 e. The number of nitrogens with zero attached hydrogens (tertiary/aromatic N) is 4. The zero-order valence-corrected chi connectivity index (χ0v) is 21.5. The van der Waals surface area contributed by atoms with Crippen LogP contribution in [0.1, 0.15) is 21.6 Å². The maximum atomic E-state index is 15.2. The van der Waals surface area contributed by atoms with Gasteiger partial charge in [0.1, 0.15) is 11.9 Å². The number of H-pyrrole nitrogens is 1. The number of halogens is 1. The van der Waals surface area contributed by atoms with Crippen molar-refractivity contribution < 1.29 is 19.0 Å². The lowest BCUT2D eigenvalue weighted by molar-refractivity contribution is 0.0960. The summed E-state index contributed by atoms with van der Waals surface area (Å²) < 4.78 is 21.0. The number of aryl methyl sites for hydroxylation is 1. The second kappa shape index (κ2) is 10.6. The van der Waals surface area contributed by atoms with E-state index in [2.05, 4.69) is 42.4 Å². The standard InChI is InChI=1S/C27H30FN7O3/c1-16-12-19-21(32-16)6-7-22(24(19)28)38-27-23(26(37)29-2)25(30-15-31-27)33-20-5-4-18(13-17(20)14-36)35-10-8-34(3)9-11-35/h4-7,12-13,15,32,36H,8-11,14H2,1-3H3,(H,29,37)(H,30,31,33). The molecule has 1 aliphatic heterocycles. The number of amides is 1. The normalized spacial score (nSPS) is 14.1. The van der Waals surface area contributed by atoms with Crippen molar-refractivity contribution >= 4 is 34.0 Å². The van der Waals surface area contributed by atoms with Crippen LogP contribution in [0.3, 0.4) is 0 Å². The van der Waals surface area contributed by atoms with E-state index in [0.717, 1.165) is 37.6 Å². The molecule has 1 saturated heterocycles. The number of piperazine rings is 1. The Hall–Kier alpha value is -4.22. The Morgan fingerprint density at radius 2 is 1.95 bits per heavy atom. The molecule has 3 heterocycles. The highest BCUT2D eigenvalue weighted by molar-refractivity contribution is 6.01. The van der Waals surface area contributed by atoms with Gasteiger partial charge in [-0.05, 0) is 50.4 Å². The minimum absolute atomic E-state index is 0.00628. The third-order valence-electron chi connectivity index (χ3n) is 6.69. The molecule has 198 valence electrons. The molecule has 10 nitrogen and oxygen atoms in total. The zero-order valence-electron chi connectivity index (χ0n) is 21.5. The summed E-state index contributed by atoms with van der Waals surface area (Å²) in [6.45, 7) is 5.34. The van der Waals surface area contributed by atoms with Gasteiger partial charge in [0.15, 0.2) is 17.4 Å². The summed E-state index contributed by atoms with van der Waals surface area (Å²) in [5.74, 6) is -1.09. The third kappa shape index (κ3) is 4.98. The van der Waals surface area contributed by atoms with Gasteiger partial charge in [0.05, 0.1) is 6.61 Å². The molecule has 0 bridgehead atoms. The van der Waals surface area contributed by atoms with Crippen molar-refractivity contribution in [2.24, 2.45) is 0 Å². The number of aliphatic hydroxyl groups excluding tert-OH is 1. The number of fused-ring (bicyclic) bond motifs is 1. The van der Waals surface area contributed by atoms with Crippen LogP contribution in [0.4, 0.5) is 21.6 Å². The van der Waals surface area contributed by atoms with Gasteiger partial charge >= 0.3 is 0 Å². The number of anilines is 3. The molecule has 11 heteroatoms. The van der Waals surface area contributed by atoms with E-state index < -0.39 is 11.7 Å². The number of nitrogens with one attached hydrogen (secondary N) is 3. The minimum atomic E-state index is -0.565. The fourth-order valence-corrected chi connectivity index (χ4v) is 4.56. The number of hydrogen-bond donors (Lipinski definition) is 4. The van der Waals surface area contributed by atoms with E-state index in [1.165, 1.54) is 19.4 Å². The van der Waals surface area contributed by atoms with Crippen molar-refractivity contribution in [3.05, 3.63) is 65.4 Å². The molecule has 1 amide bonds. The Balaban J connectivity index is 1.47. The molecule has 5 rings (SSSR count). The Morgan fingerprint density at radius 3 is 2.68 bits per heavy atom. The van der Waals surface area contributed by atoms with Crippen molar-refractivity contribution in [3.63, 3.8) is 0 Å². The van der Waals surface area contributed by atoms with E-state index in [0.29, 0.717) is 22.2 Å². The number of aromatic nitrogens is 3. The number of likely N-dealkylation sites (N-methyl/N-ethyl adjacent to an activating group) is 1. The van der Waals surface area contributed by atoms with Crippen LogP contribution in [0.2, 0.25) is 0 Å². The number of benzene rings is 2. The number of hydrogen-bond acceptors (Lipinski definition) is 8. The largest absolute Gasteiger partial charge is 0.435 e. The first-order valence-corrected chi connectivity index (χ1v) is 12.3. The van der Waals surface area contributed by atoms with E-state index >= 15 is 4.39 Å². The van der Waals surface area contributed by atoms with Crippen molar-refractivity contribution in [1.82, 2.24) is 25.2 Å². The van der Waals surface area contributed by atoms with Gasteiger partial charge in [0.2, 0.25) is 5.88 Å². The summed E-state index contributed by atoms with van der Waals surface area (Å²) >= 11 is 0. The molecule has 2 aromatic heterocycles. The second-order valence-corrected chi connectivity index (χ2v) is 9.29. The molecule has 0 spiro atoms. The average Bonchev–Trinajstić information content (AvgIpc) is 3.32. The quantitative estimate of drug-likeness (QED) is 0.293. The van der Waals surface area contributed by atoms with Crippen molar-refractivity contribution in [3.8, 4) is 11.6 Å². The van der Waals surface area contributed by atoms with Gasteiger partial charge in [0, 0.05) is 66.8 Å². The number of aromatic amines is 1. The van der Waals surface area contributed by atoms with Gasteiger partial charge in [-0.15, -0.1) is 0 Å². The van der Waals surface area contributed by atoms with E-state index in [9.17, 15) is 9.90 Å². The van der Waals surface area contributed by atoms with Gasteiger partial charge in [0.25, 0.3) is 5.91 Å². The van der Waals surface area contributed by atoms with Crippen LogP contribution in [0, 0.1) is 12.7 Å². The third-order valence-corrected chi connectivity index (χ3v) is 6.69. The van der Waals surface area contributed by atoms with Crippen molar-refractivity contribution in [1.29, 1.82) is 0 Å². The van der Waals surface area contributed by atoms with Crippen molar-refractivity contribution in [2.75, 3.05) is 50.5 Å². The Morgan fingerprint density at radius 1 is 1.16 bits per heavy atom. The molecule has 4 aromatic rings. The van der Waals surface area contributed by atoms with Crippen LogP contribution >= 0.6 is 0 Å². The smallest absolute Gasteiger partial charge is 0.260 e. The zero-order chi connectivity index (χ0) is 26.8. The molecule has 0 aliphatic carbocycles. The predicted octanol–water partition coefficient (Wildman–Crippen LogP) is 3.55. The Bertz CT molecular complexity index is 1480. The van der Waals surface area contributed by atoms with E-state index in [1.807, 2.05) is 25.1 Å². The van der Waals surface area contributed by atoms with Crippen LogP contribution in [-0.2, 0) is 6.61 Å². The topological polar surface area (TPSA) is 119 Å². The number of carbonyl (C=O) groups excluding carboxylic acids is 1. The first-order valence-electron chi connectivity index (χ1n) is 12.3. The maximum absolute atomic E-state index is 15.2. The molecule has 4 N–H and O–H groups in total. The molecule has 1 fully saturated rings. The van der Waals surface area contributed by atoms with Crippen molar-refractivity contribution in [2.45, 2.75) is 13.5 Å². The van der Waals surface area contributed by atoms with Crippen LogP contribution in [-0.4, -0.2) is 71.1 Å². The van der Waals surface area contributed by atoms with Gasteiger partial charge in [-0.1, -0.05) is 0 Å². The molecule has 38 heavy (non-hydrogen) atoms. The molecular weight excluding hydrogens is 489 g/mol. The average molecular weight is 520 g/mol. The first kappa shape index (κ1) is 25.4. The predicted molar refractivity (Wildman–Crippen MR) is 144 cm³/mol. The highest BCUT2D eigenvalue weighted by Crippen LogP contribution is 2.34. The van der Waals surface area contributed by atoms with Crippen LogP contribution in [0.25, 0.3) is 10.9 Å². The van der Waals surface area contributed by atoms with E-state index in [4.69, 9.17) is 4.74 Å². The van der Waals surface area contributed by atoms with Crippen LogP contribution in [0.5, 0.6) is 11.6 Å². The molecular formula is C27H30FN7O3. The van der Waals surface area contributed by atoms with E-state index in [-0.39, 0.29) is 29.6 Å². The second-order valence-electron chi connectivity index (χ2n) is 9.29. The molecule has 1 aliphatic rings. The summed E-state index contributed by atoms with van der Waals surface area (Å²) in [6, 6.07) is 10.6. The monoisotopic (exact) mass is 519 g/mol. The number of ether oxygens (including phenoxy) is 1. The first-order chi connectivity index (χ1) is 18.4. The lowest BCUT2D eigenvalue weighted by Crippen LogP contribution is -2.44. The van der Waals surface area contributed by atoms with Gasteiger partial charge in [-0.25, -0.2) is 14.4 Å². The highest BCUT2D eigenvalue weighted by Gasteiger charge is 2.23. The summed E-state index contributed by atoms with van der Waals surface area (Å²) in [6.07, 6.45) is 1.23. The highest BCUT2D eigenvalue weighted by atomic mass is 19.1. The number of rotatable bonds is 7. The lowest BCUT2D eigenvalue weighted by atomic mass is 10.1. The lowest BCUT2D eigenvalue weighted by Gasteiger charge is -2.34. The Kier molecular flexibility index (Phi) is 7.12. The van der Waals surface area contributed by atoms with E-state index in [1.54, 1.807) is 12.1 Å². The van der Waals surface area contributed by atoms with Crippen LogP contribution < -0.4 is 20.3 Å². The van der Waals surface area contributed by atoms with Crippen LogP contribution in [0.15, 0.2) is 42.7 Å². The van der Waals surface area contributed by atoms with Gasteiger partial charge < -0.3 is 35.3 Å². The van der Waals surface area contributed by atoms with Gasteiger partial charge in [-0.2, -0.15) is 0 Å². The number of aliphatic hydroxyl groups is 1.